The van der Waals surface area contributed by atoms with Gasteiger partial charge < -0.3 is 5.11 Å². The van der Waals surface area contributed by atoms with Gasteiger partial charge in [-0.05, 0) is 68.5 Å². The first kappa shape index (κ1) is 22.8. The Labute approximate surface area is 186 Å². The molecule has 0 atom stereocenters. The SMILES string of the molecule is Cc1ccc(CCCCCN(Cc2ccc(C(=O)O)cc2)Cc2cccc(C)c2)cc1. The Morgan fingerprint density at radius 3 is 2.10 bits per heavy atom. The predicted molar refractivity (Wildman–Crippen MR) is 127 cm³/mol. The summed E-state index contributed by atoms with van der Waals surface area (Å²) in [6.45, 7) is 7.01. The van der Waals surface area contributed by atoms with Crippen LogP contribution < -0.4 is 0 Å². The molecule has 0 radical (unpaired) electrons. The van der Waals surface area contributed by atoms with Crippen molar-refractivity contribution in [3.63, 3.8) is 0 Å². The van der Waals surface area contributed by atoms with Crippen molar-refractivity contribution in [1.29, 1.82) is 0 Å². The normalized spacial score (nSPS) is 11.1. The van der Waals surface area contributed by atoms with Crippen LogP contribution in [0.15, 0.2) is 72.8 Å². The summed E-state index contributed by atoms with van der Waals surface area (Å²) in [5.74, 6) is -0.878. The number of nitrogens with zero attached hydrogens (tertiary/aromatic N) is 1. The van der Waals surface area contributed by atoms with E-state index in [1.807, 2.05) is 12.1 Å². The highest BCUT2D eigenvalue weighted by Gasteiger charge is 2.09. The second-order valence-corrected chi connectivity index (χ2v) is 8.50. The van der Waals surface area contributed by atoms with Crippen LogP contribution in [0.25, 0.3) is 0 Å². The molecule has 0 saturated carbocycles. The van der Waals surface area contributed by atoms with Crippen LogP contribution in [-0.2, 0) is 19.5 Å². The van der Waals surface area contributed by atoms with E-state index in [1.165, 1.54) is 35.1 Å². The van der Waals surface area contributed by atoms with E-state index in [0.717, 1.165) is 38.0 Å². The third-order valence-electron chi connectivity index (χ3n) is 5.66. The Morgan fingerprint density at radius 2 is 1.42 bits per heavy atom. The number of benzene rings is 3. The van der Waals surface area contributed by atoms with Crippen LogP contribution in [0.4, 0.5) is 0 Å². The third kappa shape index (κ3) is 7.69. The quantitative estimate of drug-likeness (QED) is 0.368. The van der Waals surface area contributed by atoms with Crippen LogP contribution in [0.2, 0.25) is 0 Å². The van der Waals surface area contributed by atoms with E-state index in [-0.39, 0.29) is 0 Å². The molecule has 3 heteroatoms. The average Bonchev–Trinajstić information content (AvgIpc) is 2.75. The van der Waals surface area contributed by atoms with E-state index in [0.29, 0.717) is 5.56 Å². The summed E-state index contributed by atoms with van der Waals surface area (Å²) in [6, 6.07) is 24.8. The molecular weight excluding hydrogens is 382 g/mol. The van der Waals surface area contributed by atoms with Crippen LogP contribution in [-0.4, -0.2) is 22.5 Å². The maximum Gasteiger partial charge on any atom is 0.335 e. The molecule has 3 rings (SSSR count). The van der Waals surface area contributed by atoms with E-state index in [2.05, 4.69) is 67.3 Å². The maximum absolute atomic E-state index is 11.1. The van der Waals surface area contributed by atoms with Crippen molar-refractivity contribution in [3.05, 3.63) is 106 Å². The fourth-order valence-electron chi connectivity index (χ4n) is 3.89. The van der Waals surface area contributed by atoms with Crippen LogP contribution >= 0.6 is 0 Å². The number of rotatable bonds is 11. The molecule has 1 N–H and O–H groups in total. The summed E-state index contributed by atoms with van der Waals surface area (Å²) < 4.78 is 0. The van der Waals surface area contributed by atoms with Crippen LogP contribution in [0, 0.1) is 13.8 Å². The van der Waals surface area contributed by atoms with Crippen molar-refractivity contribution in [2.24, 2.45) is 0 Å². The number of unbranched alkanes of at least 4 members (excludes halogenated alkanes) is 2. The molecule has 0 aliphatic carbocycles. The molecule has 3 aromatic carbocycles. The molecule has 3 aromatic rings. The second-order valence-electron chi connectivity index (χ2n) is 8.50. The number of carboxylic acids is 1. The minimum Gasteiger partial charge on any atom is -0.478 e. The molecule has 0 unspecified atom stereocenters. The lowest BCUT2D eigenvalue weighted by molar-refractivity contribution is 0.0697. The fraction of sp³-hybridized carbons (Fsp3) is 0.321. The van der Waals surface area contributed by atoms with Gasteiger partial charge in [-0.3, -0.25) is 4.90 Å². The zero-order valence-corrected chi connectivity index (χ0v) is 18.7. The molecular formula is C28H33NO2. The van der Waals surface area contributed by atoms with Gasteiger partial charge in [0.25, 0.3) is 0 Å². The molecule has 0 aliphatic heterocycles. The molecule has 0 heterocycles. The van der Waals surface area contributed by atoms with E-state index < -0.39 is 5.97 Å². The summed E-state index contributed by atoms with van der Waals surface area (Å²) in [5.41, 5.74) is 6.82. The largest absolute Gasteiger partial charge is 0.478 e. The Hall–Kier alpha value is -2.91. The molecule has 0 bridgehead atoms. The van der Waals surface area contributed by atoms with E-state index in [4.69, 9.17) is 5.11 Å². The zero-order chi connectivity index (χ0) is 22.1. The zero-order valence-electron chi connectivity index (χ0n) is 18.7. The van der Waals surface area contributed by atoms with Crippen molar-refractivity contribution < 1.29 is 9.90 Å². The lowest BCUT2D eigenvalue weighted by atomic mass is 10.1. The summed E-state index contributed by atoms with van der Waals surface area (Å²) in [6.07, 6.45) is 4.70. The van der Waals surface area contributed by atoms with E-state index in [9.17, 15) is 4.79 Å². The number of aromatic carboxylic acids is 1. The highest BCUT2D eigenvalue weighted by molar-refractivity contribution is 5.87. The molecule has 0 saturated heterocycles. The maximum atomic E-state index is 11.1. The van der Waals surface area contributed by atoms with Gasteiger partial charge in [-0.1, -0.05) is 78.2 Å². The first-order valence-electron chi connectivity index (χ1n) is 11.2. The number of aryl methyl sites for hydroxylation is 3. The molecule has 31 heavy (non-hydrogen) atoms. The summed E-state index contributed by atoms with van der Waals surface area (Å²) in [5, 5.41) is 9.13. The molecule has 162 valence electrons. The first-order chi connectivity index (χ1) is 15.0. The van der Waals surface area contributed by atoms with Gasteiger partial charge in [0.15, 0.2) is 0 Å². The van der Waals surface area contributed by atoms with Crippen molar-refractivity contribution in [2.45, 2.75) is 52.6 Å². The van der Waals surface area contributed by atoms with Gasteiger partial charge in [0.05, 0.1) is 5.56 Å². The Kier molecular flexibility index (Phi) is 8.43. The fourth-order valence-corrected chi connectivity index (χ4v) is 3.89. The van der Waals surface area contributed by atoms with E-state index in [1.54, 1.807) is 12.1 Å². The third-order valence-corrected chi connectivity index (χ3v) is 5.66. The minimum atomic E-state index is -0.878. The molecule has 0 aliphatic rings. The van der Waals surface area contributed by atoms with Gasteiger partial charge >= 0.3 is 5.97 Å². The second kappa shape index (κ2) is 11.5. The first-order valence-corrected chi connectivity index (χ1v) is 11.2. The van der Waals surface area contributed by atoms with Crippen molar-refractivity contribution in [1.82, 2.24) is 4.90 Å². The standard InChI is InChI=1S/C28H33NO2/c1-22-10-12-24(13-11-22)8-4-3-5-18-29(21-26-9-6-7-23(2)19-26)20-25-14-16-27(17-15-25)28(30)31/h6-7,9-17,19H,3-5,8,18,20-21H2,1-2H3,(H,30,31). The number of hydrogen-bond donors (Lipinski definition) is 1. The van der Waals surface area contributed by atoms with Crippen LogP contribution in [0.5, 0.6) is 0 Å². The molecule has 3 nitrogen and oxygen atoms in total. The topological polar surface area (TPSA) is 40.5 Å². The number of carbonyl (C=O) groups is 1. The highest BCUT2D eigenvalue weighted by Crippen LogP contribution is 2.15. The molecule has 0 fully saturated rings. The van der Waals surface area contributed by atoms with Gasteiger partial charge in [-0.15, -0.1) is 0 Å². The summed E-state index contributed by atoms with van der Waals surface area (Å²) in [7, 11) is 0. The van der Waals surface area contributed by atoms with Crippen molar-refractivity contribution in [3.8, 4) is 0 Å². The predicted octanol–water partition coefficient (Wildman–Crippen LogP) is 6.42. The summed E-state index contributed by atoms with van der Waals surface area (Å²) in [4.78, 5) is 13.6. The summed E-state index contributed by atoms with van der Waals surface area (Å²) >= 11 is 0. The Bertz CT molecular complexity index is 961. The van der Waals surface area contributed by atoms with Crippen molar-refractivity contribution >= 4 is 5.97 Å². The average molecular weight is 416 g/mol. The van der Waals surface area contributed by atoms with Crippen LogP contribution in [0.3, 0.4) is 0 Å². The van der Waals surface area contributed by atoms with Gasteiger partial charge in [0.1, 0.15) is 0 Å². The highest BCUT2D eigenvalue weighted by atomic mass is 16.4. The smallest absolute Gasteiger partial charge is 0.335 e. The number of carboxylic acid groups (broad SMARTS) is 1. The van der Waals surface area contributed by atoms with Crippen molar-refractivity contribution in [2.75, 3.05) is 6.54 Å². The molecule has 0 amide bonds. The van der Waals surface area contributed by atoms with Gasteiger partial charge in [0, 0.05) is 13.1 Å². The minimum absolute atomic E-state index is 0.338. The van der Waals surface area contributed by atoms with Gasteiger partial charge in [0.2, 0.25) is 0 Å². The Morgan fingerprint density at radius 1 is 0.742 bits per heavy atom. The van der Waals surface area contributed by atoms with Gasteiger partial charge in [-0.2, -0.15) is 0 Å². The molecule has 0 spiro atoms. The lowest BCUT2D eigenvalue weighted by Crippen LogP contribution is -2.24. The van der Waals surface area contributed by atoms with E-state index >= 15 is 0 Å². The number of hydrogen-bond acceptors (Lipinski definition) is 2. The lowest BCUT2D eigenvalue weighted by Gasteiger charge is -2.23. The Balaban J connectivity index is 1.55. The van der Waals surface area contributed by atoms with Gasteiger partial charge in [-0.25, -0.2) is 4.79 Å². The van der Waals surface area contributed by atoms with Crippen LogP contribution in [0.1, 0.15) is 57.4 Å². The monoisotopic (exact) mass is 415 g/mol. The molecule has 0 aromatic heterocycles.